The van der Waals surface area contributed by atoms with E-state index >= 15 is 0 Å². The highest BCUT2D eigenvalue weighted by molar-refractivity contribution is 7.04. The summed E-state index contributed by atoms with van der Waals surface area (Å²) in [6.45, 7) is 10.2. The van der Waals surface area contributed by atoms with Gasteiger partial charge in [-0.2, -0.15) is 0 Å². The van der Waals surface area contributed by atoms with Gasteiger partial charge in [-0.15, -0.1) is 6.58 Å². The fourth-order valence-corrected chi connectivity index (χ4v) is 8.02. The van der Waals surface area contributed by atoms with Gasteiger partial charge in [-0.1, -0.05) is 97.5 Å². The highest BCUT2D eigenvalue weighted by atomic mass is 28.3. The largest absolute Gasteiger partial charge is 0.299 e. The second-order valence-electron chi connectivity index (χ2n) is 6.32. The number of hydrogen-bond donors (Lipinski definition) is 0. The van der Waals surface area contributed by atoms with Crippen LogP contribution in [0.5, 0.6) is 0 Å². The molecule has 0 heterocycles. The number of allylic oxidation sites excluding steroid dienone is 1. The number of carbonyl (C=O) groups excluding carboxylic acids is 1. The van der Waals surface area contributed by atoms with E-state index in [1.807, 2.05) is 19.1 Å². The molecule has 0 aromatic heterocycles. The normalized spacial score (nSPS) is 14.0. The average Bonchev–Trinajstić information content (AvgIpc) is 2.62. The zero-order valence-corrected chi connectivity index (χ0v) is 15.3. The number of Topliss-reactive ketones (excluding diaryl/α,β-unsaturated/α-hetero) is 1. The summed E-state index contributed by atoms with van der Waals surface area (Å²) in [7, 11) is -2.17. The number of ketones is 1. The maximum Gasteiger partial charge on any atom is 0.140 e. The van der Waals surface area contributed by atoms with Gasteiger partial charge < -0.3 is 0 Å². The van der Waals surface area contributed by atoms with Gasteiger partial charge in [-0.25, -0.2) is 0 Å². The first kappa shape index (κ1) is 17.4. The van der Waals surface area contributed by atoms with E-state index in [1.54, 1.807) is 6.08 Å². The van der Waals surface area contributed by atoms with Crippen molar-refractivity contribution in [3.05, 3.63) is 73.3 Å². The van der Waals surface area contributed by atoms with Crippen molar-refractivity contribution < 1.29 is 4.79 Å². The molecule has 2 aromatic carbocycles. The maximum absolute atomic E-state index is 13.1. The van der Waals surface area contributed by atoms with Gasteiger partial charge in [0.2, 0.25) is 0 Å². The molecule has 2 aromatic rings. The van der Waals surface area contributed by atoms with Gasteiger partial charge in [0.15, 0.2) is 0 Å². The van der Waals surface area contributed by atoms with Crippen LogP contribution in [0, 0.1) is 5.92 Å². The Morgan fingerprint density at radius 2 is 1.48 bits per heavy atom. The molecule has 1 nitrogen and oxygen atoms in total. The van der Waals surface area contributed by atoms with Gasteiger partial charge in [-0.05, 0) is 6.42 Å². The quantitative estimate of drug-likeness (QED) is 0.555. The van der Waals surface area contributed by atoms with Crippen molar-refractivity contribution >= 4 is 24.2 Å². The van der Waals surface area contributed by atoms with Crippen LogP contribution in [0.3, 0.4) is 0 Å². The molecule has 0 aliphatic rings. The number of benzene rings is 2. The molecule has 0 aliphatic heterocycles. The van der Waals surface area contributed by atoms with E-state index in [4.69, 9.17) is 0 Å². The fourth-order valence-electron chi connectivity index (χ4n) is 3.47. The molecule has 2 heteroatoms. The first-order valence-corrected chi connectivity index (χ1v) is 10.9. The van der Waals surface area contributed by atoms with Crippen LogP contribution in [0.2, 0.25) is 12.1 Å². The molecule has 2 atom stereocenters. The first-order valence-electron chi connectivity index (χ1n) is 8.33. The van der Waals surface area contributed by atoms with Gasteiger partial charge in [0.25, 0.3) is 0 Å². The highest BCUT2D eigenvalue weighted by Gasteiger charge is 2.43. The Morgan fingerprint density at radius 1 is 1.04 bits per heavy atom. The van der Waals surface area contributed by atoms with Gasteiger partial charge in [0.1, 0.15) is 13.9 Å². The van der Waals surface area contributed by atoms with E-state index in [9.17, 15) is 4.79 Å². The predicted molar refractivity (Wildman–Crippen MR) is 102 cm³/mol. The zero-order valence-electron chi connectivity index (χ0n) is 14.3. The van der Waals surface area contributed by atoms with Gasteiger partial charge in [0.05, 0.1) is 0 Å². The highest BCUT2D eigenvalue weighted by Crippen LogP contribution is 2.29. The Balaban J connectivity index is 2.62. The fraction of sp³-hybridized carbons (Fsp3) is 0.286. The minimum atomic E-state index is -2.17. The zero-order chi connectivity index (χ0) is 16.9. The van der Waals surface area contributed by atoms with Crippen molar-refractivity contribution in [2.24, 2.45) is 5.92 Å². The van der Waals surface area contributed by atoms with Crippen molar-refractivity contribution in [2.75, 3.05) is 0 Å². The Bertz CT molecular complexity index is 609. The van der Waals surface area contributed by atoms with Crippen molar-refractivity contribution in [2.45, 2.75) is 32.4 Å². The standard InChI is InChI=1S/C21H26OSi/c1-5-17(3)21(22)20(6-2)23(4,18-13-9-7-10-14-18)19-15-11-8-12-16-19/h5,7-17,20H,1,6H2,2-4H3. The second-order valence-corrected chi connectivity index (χ2v) is 10.6. The molecule has 0 amide bonds. The van der Waals surface area contributed by atoms with Crippen LogP contribution in [-0.2, 0) is 4.79 Å². The van der Waals surface area contributed by atoms with Gasteiger partial charge in [0, 0.05) is 11.5 Å². The van der Waals surface area contributed by atoms with Crippen molar-refractivity contribution in [3.63, 3.8) is 0 Å². The van der Waals surface area contributed by atoms with Crippen molar-refractivity contribution in [1.29, 1.82) is 0 Å². The molecule has 0 fully saturated rings. The van der Waals surface area contributed by atoms with E-state index < -0.39 is 8.07 Å². The van der Waals surface area contributed by atoms with Crippen LogP contribution in [0.25, 0.3) is 0 Å². The molecule has 0 radical (unpaired) electrons. The van der Waals surface area contributed by atoms with Crippen LogP contribution < -0.4 is 10.4 Å². The van der Waals surface area contributed by atoms with Gasteiger partial charge in [-0.3, -0.25) is 4.79 Å². The molecular formula is C21H26OSi. The third-order valence-electron chi connectivity index (χ3n) is 5.00. The van der Waals surface area contributed by atoms with Crippen LogP contribution in [0.15, 0.2) is 73.3 Å². The Labute approximate surface area is 141 Å². The van der Waals surface area contributed by atoms with Crippen molar-refractivity contribution in [1.82, 2.24) is 0 Å². The molecule has 23 heavy (non-hydrogen) atoms. The Kier molecular flexibility index (Phi) is 5.73. The lowest BCUT2D eigenvalue weighted by atomic mass is 10.0. The van der Waals surface area contributed by atoms with Crippen molar-refractivity contribution in [3.8, 4) is 0 Å². The smallest absolute Gasteiger partial charge is 0.140 e. The summed E-state index contributed by atoms with van der Waals surface area (Å²) in [5, 5.41) is 2.64. The van der Waals surface area contributed by atoms with E-state index in [2.05, 4.69) is 68.6 Å². The Morgan fingerprint density at radius 3 is 1.83 bits per heavy atom. The molecule has 0 bridgehead atoms. The third-order valence-corrected chi connectivity index (χ3v) is 10.1. The molecule has 0 saturated carbocycles. The SMILES string of the molecule is C=CC(C)C(=O)C(CC)[Si](C)(c1ccccc1)c1ccccc1. The van der Waals surface area contributed by atoms with Crippen LogP contribution in [-0.4, -0.2) is 13.9 Å². The topological polar surface area (TPSA) is 17.1 Å². The van der Waals surface area contributed by atoms with E-state index in [1.165, 1.54) is 10.4 Å². The predicted octanol–water partition coefficient (Wildman–Crippen LogP) is 4.05. The summed E-state index contributed by atoms with van der Waals surface area (Å²) in [5.74, 6) is 0.226. The summed E-state index contributed by atoms with van der Waals surface area (Å²) in [5.41, 5.74) is 0.0558. The second kappa shape index (κ2) is 7.56. The summed E-state index contributed by atoms with van der Waals surface area (Å²) in [6, 6.07) is 21.2. The third kappa shape index (κ3) is 3.37. The molecule has 2 unspecified atom stereocenters. The number of rotatable bonds is 7. The average molecular weight is 323 g/mol. The molecule has 0 spiro atoms. The number of carbonyl (C=O) groups is 1. The van der Waals surface area contributed by atoms with Crippen LogP contribution in [0.1, 0.15) is 20.3 Å². The van der Waals surface area contributed by atoms with Crippen LogP contribution >= 0.6 is 0 Å². The molecule has 0 N–H and O–H groups in total. The molecule has 120 valence electrons. The lowest BCUT2D eigenvalue weighted by Crippen LogP contribution is -2.61. The monoisotopic (exact) mass is 322 g/mol. The van der Waals surface area contributed by atoms with E-state index in [-0.39, 0.29) is 11.5 Å². The molecule has 2 rings (SSSR count). The summed E-state index contributed by atoms with van der Waals surface area (Å²) in [4.78, 5) is 13.1. The lowest BCUT2D eigenvalue weighted by molar-refractivity contribution is -0.121. The minimum Gasteiger partial charge on any atom is -0.299 e. The molecule has 0 aliphatic carbocycles. The van der Waals surface area contributed by atoms with Gasteiger partial charge >= 0.3 is 0 Å². The summed E-state index contributed by atoms with van der Waals surface area (Å²) >= 11 is 0. The summed E-state index contributed by atoms with van der Waals surface area (Å²) in [6.07, 6.45) is 2.64. The Hall–Kier alpha value is -1.93. The van der Waals surface area contributed by atoms with E-state index in [0.717, 1.165) is 6.42 Å². The molecule has 0 saturated heterocycles. The maximum atomic E-state index is 13.1. The first-order chi connectivity index (χ1) is 11.1. The summed E-state index contributed by atoms with van der Waals surface area (Å²) < 4.78 is 0. The lowest BCUT2D eigenvalue weighted by Gasteiger charge is -2.36. The van der Waals surface area contributed by atoms with Crippen LogP contribution in [0.4, 0.5) is 0 Å². The minimum absolute atomic E-state index is 0.0558. The number of hydrogen-bond acceptors (Lipinski definition) is 1. The molecular weight excluding hydrogens is 296 g/mol. The van der Waals surface area contributed by atoms with E-state index in [0.29, 0.717) is 5.78 Å².